The average Bonchev–Trinajstić information content (AvgIpc) is 3.05. The molecule has 2 fully saturated rings. The van der Waals surface area contributed by atoms with E-state index in [-0.39, 0.29) is 5.60 Å². The van der Waals surface area contributed by atoms with Crippen molar-refractivity contribution in [3.63, 3.8) is 0 Å². The Morgan fingerprint density at radius 2 is 2.13 bits per heavy atom. The first kappa shape index (κ1) is 9.86. The van der Waals surface area contributed by atoms with Gasteiger partial charge in [0, 0.05) is 19.1 Å². The topological polar surface area (TPSA) is 23.5 Å². The van der Waals surface area contributed by atoms with Crippen LogP contribution in [0.5, 0.6) is 0 Å². The summed E-state index contributed by atoms with van der Waals surface area (Å²) in [7, 11) is 0. The van der Waals surface area contributed by atoms with Crippen molar-refractivity contribution < 1.29 is 5.11 Å². The molecule has 1 N–H and O–H groups in total. The third-order valence-electron chi connectivity index (χ3n) is 4.34. The van der Waals surface area contributed by atoms with Crippen LogP contribution in [-0.2, 0) is 0 Å². The molecule has 0 radical (unpaired) electrons. The van der Waals surface area contributed by atoms with E-state index in [2.05, 4.69) is 17.1 Å². The van der Waals surface area contributed by atoms with Crippen molar-refractivity contribution in [1.29, 1.82) is 0 Å². The lowest BCUT2D eigenvalue weighted by Crippen LogP contribution is -2.39. The number of rotatable bonds is 2. The molecule has 0 spiro atoms. The van der Waals surface area contributed by atoms with Crippen molar-refractivity contribution in [2.75, 3.05) is 13.1 Å². The monoisotopic (exact) mass is 207 g/mol. The van der Waals surface area contributed by atoms with Gasteiger partial charge in [-0.05, 0) is 44.4 Å². The maximum Gasteiger partial charge on any atom is 0.0814 e. The van der Waals surface area contributed by atoms with E-state index in [1.165, 1.54) is 32.1 Å². The first-order chi connectivity index (χ1) is 7.28. The largest absolute Gasteiger partial charge is 0.388 e. The molecule has 0 aromatic rings. The normalized spacial score (nSPS) is 42.3. The molecule has 1 saturated carbocycles. The highest BCUT2D eigenvalue weighted by molar-refractivity contribution is 5.06. The van der Waals surface area contributed by atoms with Crippen molar-refractivity contribution in [1.82, 2.24) is 4.90 Å². The summed E-state index contributed by atoms with van der Waals surface area (Å²) in [5.74, 6) is 0.620. The van der Waals surface area contributed by atoms with Gasteiger partial charge in [-0.15, -0.1) is 0 Å². The number of hydrogen-bond acceptors (Lipinski definition) is 2. The van der Waals surface area contributed by atoms with Gasteiger partial charge in [0.15, 0.2) is 0 Å². The molecule has 0 aromatic heterocycles. The third kappa shape index (κ3) is 1.85. The molecular weight excluding hydrogens is 186 g/mol. The summed E-state index contributed by atoms with van der Waals surface area (Å²) < 4.78 is 0. The molecular formula is C13H21NO. The van der Waals surface area contributed by atoms with Crippen molar-refractivity contribution in [2.45, 2.75) is 50.2 Å². The van der Waals surface area contributed by atoms with Crippen molar-refractivity contribution in [3.8, 4) is 0 Å². The lowest BCUT2D eigenvalue weighted by Gasteiger charge is -2.29. The fourth-order valence-electron chi connectivity index (χ4n) is 3.18. The lowest BCUT2D eigenvalue weighted by atomic mass is 9.97. The first-order valence-electron chi connectivity index (χ1n) is 6.41. The van der Waals surface area contributed by atoms with Crippen molar-refractivity contribution >= 4 is 0 Å². The van der Waals surface area contributed by atoms with Crippen LogP contribution in [0.25, 0.3) is 0 Å². The van der Waals surface area contributed by atoms with E-state index in [0.717, 1.165) is 19.5 Å². The Bertz CT molecular complexity index is 272. The lowest BCUT2D eigenvalue weighted by molar-refractivity contribution is 0.0239. The van der Waals surface area contributed by atoms with Gasteiger partial charge in [-0.2, -0.15) is 0 Å². The molecule has 3 aliphatic rings. The maximum atomic E-state index is 10.5. The summed E-state index contributed by atoms with van der Waals surface area (Å²) in [5.41, 5.74) is -0.328. The summed E-state index contributed by atoms with van der Waals surface area (Å²) in [6.07, 6.45) is 12.0. The molecule has 2 heteroatoms. The fraction of sp³-hybridized carbons (Fsp3) is 0.846. The van der Waals surface area contributed by atoms with E-state index in [4.69, 9.17) is 0 Å². The summed E-state index contributed by atoms with van der Waals surface area (Å²) in [6, 6.07) is 0.617. The minimum Gasteiger partial charge on any atom is -0.388 e. The fourth-order valence-corrected chi connectivity index (χ4v) is 3.18. The van der Waals surface area contributed by atoms with Gasteiger partial charge in [-0.1, -0.05) is 12.2 Å². The average molecular weight is 207 g/mol. The molecule has 0 amide bonds. The highest BCUT2D eigenvalue weighted by Crippen LogP contribution is 2.45. The Morgan fingerprint density at radius 1 is 1.27 bits per heavy atom. The van der Waals surface area contributed by atoms with Crippen LogP contribution in [0.2, 0.25) is 0 Å². The summed E-state index contributed by atoms with van der Waals surface area (Å²) in [4.78, 5) is 2.49. The summed E-state index contributed by atoms with van der Waals surface area (Å²) >= 11 is 0. The Balaban J connectivity index is 1.64. The van der Waals surface area contributed by atoms with Crippen LogP contribution >= 0.6 is 0 Å². The van der Waals surface area contributed by atoms with Crippen LogP contribution in [-0.4, -0.2) is 34.7 Å². The zero-order chi connectivity index (χ0) is 10.3. The second-order valence-corrected chi connectivity index (χ2v) is 5.52. The molecule has 0 bridgehead atoms. The maximum absolute atomic E-state index is 10.5. The Hall–Kier alpha value is -0.340. The molecule has 2 atom stereocenters. The third-order valence-corrected chi connectivity index (χ3v) is 4.34. The van der Waals surface area contributed by atoms with Gasteiger partial charge in [0.1, 0.15) is 0 Å². The van der Waals surface area contributed by atoms with Gasteiger partial charge in [-0.25, -0.2) is 0 Å². The van der Waals surface area contributed by atoms with Gasteiger partial charge in [-0.3, -0.25) is 4.90 Å². The van der Waals surface area contributed by atoms with Crippen LogP contribution in [0.1, 0.15) is 38.5 Å². The molecule has 1 aliphatic heterocycles. The Labute approximate surface area is 92.0 Å². The van der Waals surface area contributed by atoms with Crippen LogP contribution in [0, 0.1) is 5.92 Å². The smallest absolute Gasteiger partial charge is 0.0814 e. The molecule has 0 aromatic carbocycles. The Morgan fingerprint density at radius 3 is 2.80 bits per heavy atom. The van der Waals surface area contributed by atoms with Gasteiger partial charge >= 0.3 is 0 Å². The summed E-state index contributed by atoms with van der Waals surface area (Å²) in [6.45, 7) is 2.02. The molecule has 15 heavy (non-hydrogen) atoms. The van der Waals surface area contributed by atoms with Crippen molar-refractivity contribution in [3.05, 3.63) is 12.2 Å². The highest BCUT2D eigenvalue weighted by Gasteiger charge is 2.48. The zero-order valence-electron chi connectivity index (χ0n) is 9.36. The quantitative estimate of drug-likeness (QED) is 0.700. The summed E-state index contributed by atoms with van der Waals surface area (Å²) in [5, 5.41) is 10.5. The molecule has 1 heterocycles. The molecule has 1 saturated heterocycles. The number of β-amino-alcohol motifs (C(OH)–C–C–N with tert-alkyl or cyclic N) is 1. The highest BCUT2D eigenvalue weighted by atomic mass is 16.3. The molecule has 3 rings (SSSR count). The van der Waals surface area contributed by atoms with Crippen LogP contribution < -0.4 is 0 Å². The van der Waals surface area contributed by atoms with Crippen LogP contribution in [0.4, 0.5) is 0 Å². The molecule has 2 aliphatic carbocycles. The van der Waals surface area contributed by atoms with E-state index in [1.807, 2.05) is 0 Å². The number of allylic oxidation sites excluding steroid dienone is 1. The van der Waals surface area contributed by atoms with Gasteiger partial charge in [0.05, 0.1) is 5.60 Å². The predicted octanol–water partition coefficient (Wildman–Crippen LogP) is 1.94. The number of likely N-dealkylation sites (tertiary alicyclic amines) is 1. The second kappa shape index (κ2) is 3.60. The van der Waals surface area contributed by atoms with E-state index >= 15 is 0 Å². The standard InChI is InChI=1S/C13H21NO/c15-13(11-6-7-11)8-9-14(10-13)12-4-2-1-3-5-12/h2,4,11-12,15H,1,3,5-10H2. The van der Waals surface area contributed by atoms with Gasteiger partial charge in [0.2, 0.25) is 0 Å². The number of nitrogens with zero attached hydrogens (tertiary/aromatic N) is 1. The second-order valence-electron chi connectivity index (χ2n) is 5.52. The van der Waals surface area contributed by atoms with E-state index in [0.29, 0.717) is 12.0 Å². The molecule has 2 unspecified atom stereocenters. The van der Waals surface area contributed by atoms with E-state index < -0.39 is 0 Å². The minimum absolute atomic E-state index is 0.328. The van der Waals surface area contributed by atoms with Crippen molar-refractivity contribution in [2.24, 2.45) is 5.92 Å². The SMILES string of the molecule is OC1(C2CC2)CCN(C2C=CCCC2)C1. The molecule has 2 nitrogen and oxygen atoms in total. The number of aliphatic hydroxyl groups is 1. The van der Waals surface area contributed by atoms with E-state index in [1.54, 1.807) is 0 Å². The minimum atomic E-state index is -0.328. The van der Waals surface area contributed by atoms with E-state index in [9.17, 15) is 5.11 Å². The van der Waals surface area contributed by atoms with Crippen LogP contribution in [0.15, 0.2) is 12.2 Å². The zero-order valence-corrected chi connectivity index (χ0v) is 9.36. The van der Waals surface area contributed by atoms with Gasteiger partial charge in [0.25, 0.3) is 0 Å². The van der Waals surface area contributed by atoms with Gasteiger partial charge < -0.3 is 5.11 Å². The predicted molar refractivity (Wildman–Crippen MR) is 60.6 cm³/mol. The first-order valence-corrected chi connectivity index (χ1v) is 6.41. The number of hydrogen-bond donors (Lipinski definition) is 1. The van der Waals surface area contributed by atoms with Crippen LogP contribution in [0.3, 0.4) is 0 Å². The molecule has 84 valence electrons. The Kier molecular flexibility index (Phi) is 2.37.